The van der Waals surface area contributed by atoms with Gasteiger partial charge in [-0.3, -0.25) is 20.0 Å². The molecule has 0 amide bonds. The summed E-state index contributed by atoms with van der Waals surface area (Å²) in [5.41, 5.74) is 3.17. The lowest BCUT2D eigenvalue weighted by Gasteiger charge is -2.39. The van der Waals surface area contributed by atoms with E-state index >= 15 is 0 Å². The summed E-state index contributed by atoms with van der Waals surface area (Å²) in [5, 5.41) is 10.9. The minimum Gasteiger partial charge on any atom is -0.265 e. The van der Waals surface area contributed by atoms with Gasteiger partial charge in [0.25, 0.3) is 5.69 Å². The molecule has 0 aliphatic carbocycles. The van der Waals surface area contributed by atoms with Crippen molar-refractivity contribution in [1.82, 2.24) is 4.90 Å². The maximum Gasteiger partial charge on any atom is 0.269 e. The van der Waals surface area contributed by atoms with Crippen molar-refractivity contribution in [2.75, 3.05) is 0 Å². The molecule has 4 atom stereocenters. The molecule has 4 unspecified atom stereocenters. The molecule has 26 heavy (non-hydrogen) atoms. The summed E-state index contributed by atoms with van der Waals surface area (Å²) in [6.45, 7) is 8.84. The average Bonchev–Trinajstić information content (AvgIpc) is 3.27. The third-order valence-electron chi connectivity index (χ3n) is 5.87. The van der Waals surface area contributed by atoms with Crippen molar-refractivity contribution in [3.8, 4) is 0 Å². The van der Waals surface area contributed by atoms with Gasteiger partial charge in [-0.1, -0.05) is 63.2 Å². The van der Waals surface area contributed by atoms with Crippen LogP contribution in [0.1, 0.15) is 44.9 Å². The van der Waals surface area contributed by atoms with Gasteiger partial charge in [-0.2, -0.15) is 0 Å². The molecular weight excluding hydrogens is 326 g/mol. The summed E-state index contributed by atoms with van der Waals surface area (Å²) < 4.78 is 0. The number of nitrogens with zero attached hydrogens (tertiary/aromatic N) is 3. The topological polar surface area (TPSA) is 58.5 Å². The highest BCUT2D eigenvalue weighted by molar-refractivity contribution is 6.08. The van der Waals surface area contributed by atoms with E-state index in [1.54, 1.807) is 12.1 Å². The monoisotopic (exact) mass is 349 g/mol. The van der Waals surface area contributed by atoms with Crippen LogP contribution in [0.25, 0.3) is 0 Å². The molecule has 134 valence electrons. The Hall–Kier alpha value is -2.53. The van der Waals surface area contributed by atoms with Gasteiger partial charge in [-0.05, 0) is 18.1 Å². The lowest BCUT2D eigenvalue weighted by Crippen LogP contribution is -2.44. The molecule has 2 aromatic carbocycles. The zero-order valence-corrected chi connectivity index (χ0v) is 15.5. The average molecular weight is 349 g/mol. The van der Waals surface area contributed by atoms with Crippen molar-refractivity contribution in [3.63, 3.8) is 0 Å². The molecule has 0 spiro atoms. The van der Waals surface area contributed by atoms with Crippen LogP contribution in [0.3, 0.4) is 0 Å². The van der Waals surface area contributed by atoms with Gasteiger partial charge in [0.2, 0.25) is 0 Å². The predicted molar refractivity (Wildman–Crippen MR) is 102 cm³/mol. The fourth-order valence-electron chi connectivity index (χ4n) is 3.95. The number of rotatable bonds is 3. The van der Waals surface area contributed by atoms with Gasteiger partial charge in [0, 0.05) is 17.5 Å². The summed E-state index contributed by atoms with van der Waals surface area (Å²) >= 11 is 0. The van der Waals surface area contributed by atoms with Gasteiger partial charge < -0.3 is 0 Å². The second-order valence-corrected chi connectivity index (χ2v) is 8.28. The number of aliphatic imine (C=N–C) groups is 1. The SMILES string of the molecule is CC(C)(C)C1(C)N=C(c2ccccc2)C2C(c3ccc([N+](=O)[O-])cc3)N21. The van der Waals surface area contributed by atoms with E-state index in [2.05, 4.69) is 44.7 Å². The molecule has 0 bridgehead atoms. The van der Waals surface area contributed by atoms with Crippen LogP contribution in [-0.2, 0) is 0 Å². The van der Waals surface area contributed by atoms with Gasteiger partial charge in [0.1, 0.15) is 5.66 Å². The minimum atomic E-state index is -0.353. The first-order chi connectivity index (χ1) is 12.2. The Bertz CT molecular complexity index is 884. The summed E-state index contributed by atoms with van der Waals surface area (Å²) in [4.78, 5) is 18.2. The Labute approximate surface area is 153 Å². The van der Waals surface area contributed by atoms with E-state index in [0.29, 0.717) is 0 Å². The number of hydrogen-bond acceptors (Lipinski definition) is 4. The first-order valence-electron chi connectivity index (χ1n) is 8.92. The highest BCUT2D eigenvalue weighted by atomic mass is 16.6. The zero-order valence-electron chi connectivity index (χ0n) is 15.5. The van der Waals surface area contributed by atoms with Crippen LogP contribution in [-0.4, -0.2) is 27.2 Å². The maximum atomic E-state index is 10.9. The van der Waals surface area contributed by atoms with Crippen molar-refractivity contribution >= 4 is 11.4 Å². The Morgan fingerprint density at radius 3 is 2.19 bits per heavy atom. The number of non-ortho nitro benzene ring substituents is 1. The van der Waals surface area contributed by atoms with Crippen molar-refractivity contribution in [2.24, 2.45) is 10.4 Å². The second kappa shape index (κ2) is 5.48. The van der Waals surface area contributed by atoms with Crippen LogP contribution in [0.5, 0.6) is 0 Å². The van der Waals surface area contributed by atoms with Crippen LogP contribution in [0.2, 0.25) is 0 Å². The van der Waals surface area contributed by atoms with E-state index in [0.717, 1.165) is 16.8 Å². The molecule has 4 rings (SSSR count). The van der Waals surface area contributed by atoms with Crippen LogP contribution in [0.4, 0.5) is 5.69 Å². The van der Waals surface area contributed by atoms with E-state index in [1.807, 2.05) is 30.3 Å². The van der Waals surface area contributed by atoms with Crippen LogP contribution >= 0.6 is 0 Å². The molecule has 1 fully saturated rings. The number of nitro benzene ring substituents is 1. The van der Waals surface area contributed by atoms with Crippen molar-refractivity contribution in [2.45, 2.75) is 45.4 Å². The summed E-state index contributed by atoms with van der Waals surface area (Å²) in [5.74, 6) is 0. The fraction of sp³-hybridized carbons (Fsp3) is 0.381. The summed E-state index contributed by atoms with van der Waals surface area (Å²) in [7, 11) is 0. The first kappa shape index (κ1) is 16.9. The molecule has 2 heterocycles. The van der Waals surface area contributed by atoms with Gasteiger partial charge in [-0.25, -0.2) is 0 Å². The van der Waals surface area contributed by atoms with Crippen molar-refractivity contribution < 1.29 is 4.92 Å². The van der Waals surface area contributed by atoms with Crippen molar-refractivity contribution in [1.29, 1.82) is 0 Å². The third kappa shape index (κ3) is 2.38. The summed E-state index contributed by atoms with van der Waals surface area (Å²) in [6.07, 6.45) is 0. The normalized spacial score (nSPS) is 29.8. The van der Waals surface area contributed by atoms with Gasteiger partial charge in [0.05, 0.1) is 22.7 Å². The number of nitro groups is 1. The highest BCUT2D eigenvalue weighted by Crippen LogP contribution is 2.59. The molecule has 5 heteroatoms. The zero-order chi connectivity index (χ0) is 18.7. The molecule has 0 saturated carbocycles. The molecule has 0 aromatic heterocycles. The number of hydrogen-bond donors (Lipinski definition) is 0. The smallest absolute Gasteiger partial charge is 0.265 e. The van der Waals surface area contributed by atoms with Crippen LogP contribution < -0.4 is 0 Å². The third-order valence-corrected chi connectivity index (χ3v) is 5.87. The molecule has 5 nitrogen and oxygen atoms in total. The van der Waals surface area contributed by atoms with Crippen LogP contribution in [0, 0.1) is 15.5 Å². The van der Waals surface area contributed by atoms with E-state index in [1.165, 1.54) is 0 Å². The van der Waals surface area contributed by atoms with E-state index < -0.39 is 0 Å². The van der Waals surface area contributed by atoms with Gasteiger partial charge in [-0.15, -0.1) is 0 Å². The highest BCUT2D eigenvalue weighted by Gasteiger charge is 2.66. The van der Waals surface area contributed by atoms with Gasteiger partial charge in [0.15, 0.2) is 0 Å². The molecule has 2 aliphatic heterocycles. The fourth-order valence-corrected chi connectivity index (χ4v) is 3.95. The lowest BCUT2D eigenvalue weighted by molar-refractivity contribution is -0.384. The summed E-state index contributed by atoms with van der Waals surface area (Å²) in [6, 6.07) is 17.7. The van der Waals surface area contributed by atoms with E-state index in [9.17, 15) is 10.1 Å². The molecule has 0 N–H and O–H groups in total. The quantitative estimate of drug-likeness (QED) is 0.463. The van der Waals surface area contributed by atoms with Crippen LogP contribution in [0.15, 0.2) is 59.6 Å². The molecule has 2 aliphatic rings. The number of fused-ring (bicyclic) bond motifs is 1. The Morgan fingerprint density at radius 2 is 1.65 bits per heavy atom. The Balaban J connectivity index is 1.75. The Morgan fingerprint density at radius 1 is 1.04 bits per heavy atom. The molecule has 2 aromatic rings. The lowest BCUT2D eigenvalue weighted by atomic mass is 9.81. The van der Waals surface area contributed by atoms with E-state index in [-0.39, 0.29) is 33.8 Å². The molecule has 1 saturated heterocycles. The second-order valence-electron chi connectivity index (χ2n) is 8.28. The first-order valence-corrected chi connectivity index (χ1v) is 8.92. The maximum absolute atomic E-state index is 10.9. The Kier molecular flexibility index (Phi) is 3.57. The van der Waals surface area contributed by atoms with Crippen molar-refractivity contribution in [3.05, 3.63) is 75.8 Å². The molecular formula is C21H23N3O2. The molecule has 0 radical (unpaired) electrons. The predicted octanol–water partition coefficient (Wildman–Crippen LogP) is 4.59. The number of benzene rings is 2. The standard InChI is InChI=1S/C21H23N3O2/c1-20(2,3)21(4)22-17(14-8-6-5-7-9-14)19-18(23(19)21)15-10-12-16(13-11-15)24(25)26/h5-13,18-19H,1-4H3. The minimum absolute atomic E-state index is 0.0304. The van der Waals surface area contributed by atoms with E-state index in [4.69, 9.17) is 4.99 Å². The largest absolute Gasteiger partial charge is 0.269 e. The van der Waals surface area contributed by atoms with Gasteiger partial charge >= 0.3 is 0 Å².